The highest BCUT2D eigenvalue weighted by molar-refractivity contribution is 5.80. The van der Waals surface area contributed by atoms with Crippen LogP contribution >= 0.6 is 0 Å². The topological polar surface area (TPSA) is 78.9 Å². The number of carboxylic acids is 1. The van der Waals surface area contributed by atoms with Crippen LogP contribution in [0.15, 0.2) is 0 Å². The van der Waals surface area contributed by atoms with Crippen molar-refractivity contribution in [1.82, 2.24) is 10.2 Å². The van der Waals surface area contributed by atoms with E-state index in [9.17, 15) is 9.59 Å². The van der Waals surface area contributed by atoms with Crippen LogP contribution in [0.25, 0.3) is 0 Å². The standard InChI is InChI=1S/C13H24N2O4/c1-9(2)11(12(16)17)14-13(18)19-8-10-6-4-5-7-15(10)3/h9-11H,4-8H2,1-3H3,(H,14,18)(H,16,17)/t10?,11-/m0/s1. The molecule has 2 N–H and O–H groups in total. The molecule has 0 aromatic rings. The Balaban J connectivity index is 2.36. The molecule has 0 saturated carbocycles. The Hall–Kier alpha value is -1.30. The number of likely N-dealkylation sites (N-methyl/N-ethyl adjacent to an activating group) is 1. The Bertz CT molecular complexity index is 320. The van der Waals surface area contributed by atoms with E-state index in [1.54, 1.807) is 13.8 Å². The molecule has 110 valence electrons. The van der Waals surface area contributed by atoms with Crippen molar-refractivity contribution >= 4 is 12.1 Å². The van der Waals surface area contributed by atoms with Crippen LogP contribution in [0.4, 0.5) is 4.79 Å². The third-order valence-corrected chi connectivity index (χ3v) is 3.53. The van der Waals surface area contributed by atoms with Crippen molar-refractivity contribution in [1.29, 1.82) is 0 Å². The van der Waals surface area contributed by atoms with Crippen molar-refractivity contribution in [3.8, 4) is 0 Å². The predicted octanol–water partition coefficient (Wildman–Crippen LogP) is 1.31. The first kappa shape index (κ1) is 15.8. The van der Waals surface area contributed by atoms with Crippen molar-refractivity contribution in [3.63, 3.8) is 0 Å². The number of rotatable bonds is 5. The number of hydrogen-bond donors (Lipinski definition) is 2. The molecule has 19 heavy (non-hydrogen) atoms. The predicted molar refractivity (Wildman–Crippen MR) is 71.0 cm³/mol. The molecule has 1 amide bonds. The average molecular weight is 272 g/mol. The first-order valence-electron chi connectivity index (χ1n) is 6.78. The summed E-state index contributed by atoms with van der Waals surface area (Å²) in [6.07, 6.45) is 2.67. The summed E-state index contributed by atoms with van der Waals surface area (Å²) in [5.74, 6) is -1.22. The van der Waals surface area contributed by atoms with E-state index in [0.29, 0.717) is 6.61 Å². The van der Waals surface area contributed by atoms with E-state index >= 15 is 0 Å². The van der Waals surface area contributed by atoms with Crippen molar-refractivity contribution in [2.45, 2.75) is 45.2 Å². The molecule has 1 aliphatic heterocycles. The van der Waals surface area contributed by atoms with E-state index in [2.05, 4.69) is 10.2 Å². The number of ether oxygens (including phenoxy) is 1. The smallest absolute Gasteiger partial charge is 0.407 e. The van der Waals surface area contributed by atoms with Crippen LogP contribution in [0, 0.1) is 5.92 Å². The van der Waals surface area contributed by atoms with Gasteiger partial charge in [0.05, 0.1) is 0 Å². The van der Waals surface area contributed by atoms with E-state index in [1.807, 2.05) is 7.05 Å². The van der Waals surface area contributed by atoms with Gasteiger partial charge in [0.25, 0.3) is 0 Å². The third-order valence-electron chi connectivity index (χ3n) is 3.53. The highest BCUT2D eigenvalue weighted by Gasteiger charge is 2.25. The molecule has 1 unspecified atom stereocenters. The van der Waals surface area contributed by atoms with Crippen LogP contribution in [-0.2, 0) is 9.53 Å². The normalized spacial score (nSPS) is 22.0. The zero-order valence-corrected chi connectivity index (χ0v) is 11.9. The van der Waals surface area contributed by atoms with Gasteiger partial charge in [-0.15, -0.1) is 0 Å². The molecule has 0 spiro atoms. The fourth-order valence-corrected chi connectivity index (χ4v) is 2.21. The van der Waals surface area contributed by atoms with Gasteiger partial charge in [0.1, 0.15) is 12.6 Å². The summed E-state index contributed by atoms with van der Waals surface area (Å²) < 4.78 is 5.13. The Kier molecular flexibility index (Phi) is 6.08. The molecule has 0 bridgehead atoms. The van der Waals surface area contributed by atoms with Crippen LogP contribution in [-0.4, -0.2) is 54.4 Å². The summed E-state index contributed by atoms with van der Waals surface area (Å²) in [5.41, 5.74) is 0. The molecule has 1 saturated heterocycles. The molecule has 0 aromatic carbocycles. The molecule has 1 heterocycles. The first-order chi connectivity index (χ1) is 8.91. The molecule has 1 rings (SSSR count). The fourth-order valence-electron chi connectivity index (χ4n) is 2.21. The number of likely N-dealkylation sites (tertiary alicyclic amines) is 1. The number of nitrogens with zero attached hydrogens (tertiary/aromatic N) is 1. The minimum Gasteiger partial charge on any atom is -0.480 e. The van der Waals surface area contributed by atoms with Crippen LogP contribution in [0.3, 0.4) is 0 Å². The number of carbonyl (C=O) groups is 2. The van der Waals surface area contributed by atoms with Crippen LogP contribution in [0.2, 0.25) is 0 Å². The minimum absolute atomic E-state index is 0.178. The Morgan fingerprint density at radius 2 is 2.11 bits per heavy atom. The molecule has 0 radical (unpaired) electrons. The summed E-state index contributed by atoms with van der Waals surface area (Å²) in [5, 5.41) is 11.4. The zero-order valence-electron chi connectivity index (χ0n) is 11.9. The lowest BCUT2D eigenvalue weighted by atomic mass is 10.0. The van der Waals surface area contributed by atoms with Gasteiger partial charge in [0.15, 0.2) is 0 Å². The van der Waals surface area contributed by atoms with E-state index in [1.165, 1.54) is 6.42 Å². The SMILES string of the molecule is CC(C)[C@H](NC(=O)OCC1CCCCN1C)C(=O)O. The van der Waals surface area contributed by atoms with Gasteiger partial charge in [-0.1, -0.05) is 20.3 Å². The Morgan fingerprint density at radius 1 is 1.42 bits per heavy atom. The summed E-state index contributed by atoms with van der Waals surface area (Å²) in [6, 6.07) is -0.668. The monoisotopic (exact) mass is 272 g/mol. The van der Waals surface area contributed by atoms with Crippen LogP contribution < -0.4 is 5.32 Å². The second-order valence-corrected chi connectivity index (χ2v) is 5.43. The maximum absolute atomic E-state index is 11.6. The summed E-state index contributed by atoms with van der Waals surface area (Å²) in [7, 11) is 2.01. The molecule has 6 nitrogen and oxygen atoms in total. The number of aliphatic carboxylic acids is 1. The third kappa shape index (κ3) is 5.06. The van der Waals surface area contributed by atoms with Gasteiger partial charge in [0.2, 0.25) is 0 Å². The number of hydrogen-bond acceptors (Lipinski definition) is 4. The maximum atomic E-state index is 11.6. The quantitative estimate of drug-likeness (QED) is 0.789. The molecule has 6 heteroatoms. The second kappa shape index (κ2) is 7.33. The van der Waals surface area contributed by atoms with Crippen molar-refractivity contribution in [2.24, 2.45) is 5.92 Å². The zero-order chi connectivity index (χ0) is 14.4. The van der Waals surface area contributed by atoms with Gasteiger partial charge in [-0.3, -0.25) is 0 Å². The van der Waals surface area contributed by atoms with Crippen molar-refractivity contribution in [2.75, 3.05) is 20.2 Å². The molecule has 1 aliphatic rings. The second-order valence-electron chi connectivity index (χ2n) is 5.43. The van der Waals surface area contributed by atoms with Gasteiger partial charge < -0.3 is 20.1 Å². The molecule has 0 aromatic heterocycles. The van der Waals surface area contributed by atoms with E-state index < -0.39 is 18.1 Å². The number of amides is 1. The molecule has 0 aliphatic carbocycles. The Morgan fingerprint density at radius 3 is 2.63 bits per heavy atom. The van der Waals surface area contributed by atoms with Gasteiger partial charge in [0, 0.05) is 6.04 Å². The Labute approximate surface area is 114 Å². The maximum Gasteiger partial charge on any atom is 0.407 e. The van der Waals surface area contributed by atoms with E-state index in [4.69, 9.17) is 9.84 Å². The highest BCUT2D eigenvalue weighted by atomic mass is 16.5. The highest BCUT2D eigenvalue weighted by Crippen LogP contribution is 2.15. The molecule has 2 atom stereocenters. The largest absolute Gasteiger partial charge is 0.480 e. The van der Waals surface area contributed by atoms with Crippen LogP contribution in [0.1, 0.15) is 33.1 Å². The first-order valence-corrected chi connectivity index (χ1v) is 6.78. The number of alkyl carbamates (subject to hydrolysis) is 1. The fraction of sp³-hybridized carbons (Fsp3) is 0.846. The summed E-state index contributed by atoms with van der Waals surface area (Å²) in [4.78, 5) is 24.7. The van der Waals surface area contributed by atoms with Crippen molar-refractivity contribution in [3.05, 3.63) is 0 Å². The molecular weight excluding hydrogens is 248 g/mol. The lowest BCUT2D eigenvalue weighted by Gasteiger charge is -2.32. The molecular formula is C13H24N2O4. The summed E-state index contributed by atoms with van der Waals surface area (Å²) in [6.45, 7) is 4.81. The lowest BCUT2D eigenvalue weighted by molar-refractivity contribution is -0.140. The summed E-state index contributed by atoms with van der Waals surface area (Å²) >= 11 is 0. The lowest BCUT2D eigenvalue weighted by Crippen LogP contribution is -2.46. The van der Waals surface area contributed by atoms with Crippen molar-refractivity contribution < 1.29 is 19.4 Å². The number of piperidine rings is 1. The van der Waals surface area contributed by atoms with E-state index in [-0.39, 0.29) is 12.0 Å². The van der Waals surface area contributed by atoms with Crippen LogP contribution in [0.5, 0.6) is 0 Å². The average Bonchev–Trinajstić information content (AvgIpc) is 2.34. The minimum atomic E-state index is -1.04. The number of carbonyl (C=O) groups excluding carboxylic acids is 1. The van der Waals surface area contributed by atoms with Gasteiger partial charge in [-0.2, -0.15) is 0 Å². The van der Waals surface area contributed by atoms with Gasteiger partial charge >= 0.3 is 12.1 Å². The van der Waals surface area contributed by atoms with Gasteiger partial charge in [-0.05, 0) is 32.4 Å². The number of carboxylic acid groups (broad SMARTS) is 1. The van der Waals surface area contributed by atoms with E-state index in [0.717, 1.165) is 19.4 Å². The number of nitrogens with one attached hydrogen (secondary N) is 1. The molecule has 1 fully saturated rings. The van der Waals surface area contributed by atoms with Gasteiger partial charge in [-0.25, -0.2) is 9.59 Å².